The molecule has 4 aliphatic rings. The lowest BCUT2D eigenvalue weighted by Crippen LogP contribution is -2.49. The van der Waals surface area contributed by atoms with Gasteiger partial charge in [-0.2, -0.15) is 4.36 Å². The van der Waals surface area contributed by atoms with Crippen LogP contribution in [0.2, 0.25) is 5.02 Å². The number of hydrogen-bond acceptors (Lipinski definition) is 9. The Morgan fingerprint density at radius 1 is 1.15 bits per heavy atom. The van der Waals surface area contributed by atoms with Crippen molar-refractivity contribution in [1.29, 1.82) is 0 Å². The number of methoxy groups -OCH3 is 2. The number of allylic oxidation sites excluding steroid dienone is 1. The van der Waals surface area contributed by atoms with Crippen molar-refractivity contribution in [2.24, 2.45) is 29.2 Å². The van der Waals surface area contributed by atoms with Crippen molar-refractivity contribution in [2.75, 3.05) is 63.5 Å². The predicted molar refractivity (Wildman–Crippen MR) is 210 cm³/mol. The first-order chi connectivity index (χ1) is 26.0. The SMILES string of the molecule is COCCOc1nn(C)cc1C(=O)C[S@@]1(=O)=NC(=O)c2ccc3c(c2)N(C[C@@H]2CC[C@H]2[C@@H](OC)/C=C/C[C@H](C)C1)C[C@@]1(CCCc2cc(Cl)ccc21)CO3. The van der Waals surface area contributed by atoms with E-state index < -0.39 is 27.2 Å². The van der Waals surface area contributed by atoms with Gasteiger partial charge < -0.3 is 23.8 Å². The van der Waals surface area contributed by atoms with Gasteiger partial charge in [-0.05, 0) is 97.7 Å². The van der Waals surface area contributed by atoms with Crippen LogP contribution in [0, 0.1) is 17.8 Å². The number of amides is 1. The zero-order valence-electron chi connectivity index (χ0n) is 31.6. The summed E-state index contributed by atoms with van der Waals surface area (Å²) in [6.45, 7) is 4.46. The highest BCUT2D eigenvalue weighted by Gasteiger charge is 2.44. The van der Waals surface area contributed by atoms with E-state index in [0.717, 1.165) is 49.4 Å². The van der Waals surface area contributed by atoms with Crippen molar-refractivity contribution in [1.82, 2.24) is 9.78 Å². The minimum Gasteiger partial charge on any atom is -0.490 e. The molecule has 11 nitrogen and oxygen atoms in total. The number of carbonyl (C=O) groups is 2. The Morgan fingerprint density at radius 2 is 2.00 bits per heavy atom. The molecule has 3 aromatic rings. The van der Waals surface area contributed by atoms with Gasteiger partial charge in [0.2, 0.25) is 5.88 Å². The predicted octanol–water partition coefficient (Wildman–Crippen LogP) is 6.70. The van der Waals surface area contributed by atoms with E-state index in [0.29, 0.717) is 49.3 Å². The molecule has 54 heavy (non-hydrogen) atoms. The lowest BCUT2D eigenvalue weighted by atomic mass is 9.68. The highest BCUT2D eigenvalue weighted by molar-refractivity contribution is 7.94. The Hall–Kier alpha value is -3.71. The largest absolute Gasteiger partial charge is 0.490 e. The Bertz CT molecular complexity index is 2040. The zero-order valence-corrected chi connectivity index (χ0v) is 33.2. The van der Waals surface area contributed by atoms with Gasteiger partial charge in [0.05, 0.1) is 40.5 Å². The summed E-state index contributed by atoms with van der Waals surface area (Å²) in [5.41, 5.74) is 3.58. The van der Waals surface area contributed by atoms with Crippen molar-refractivity contribution >= 4 is 38.7 Å². The number of fused-ring (bicyclic) bond motifs is 4. The number of halogens is 1. The maximum Gasteiger partial charge on any atom is 0.285 e. The number of hydrogen-bond donors (Lipinski definition) is 0. The normalized spacial score (nSPS) is 28.8. The van der Waals surface area contributed by atoms with Gasteiger partial charge >= 0.3 is 0 Å². The molecular formula is C41H51ClN4O7S. The third-order valence-electron chi connectivity index (χ3n) is 11.5. The number of Topliss-reactive ketones (excluding diaryl/α,β-unsaturated/α-hetero) is 1. The molecule has 2 aromatic carbocycles. The van der Waals surface area contributed by atoms with Crippen LogP contribution in [-0.2, 0) is 38.1 Å². The number of ether oxygens (including phenoxy) is 4. The number of benzene rings is 2. The number of rotatable bonds is 8. The first-order valence-electron chi connectivity index (χ1n) is 19.0. The van der Waals surface area contributed by atoms with E-state index in [4.69, 9.17) is 30.5 Å². The molecule has 6 atom stereocenters. The van der Waals surface area contributed by atoms with Crippen molar-refractivity contribution < 1.29 is 32.7 Å². The summed E-state index contributed by atoms with van der Waals surface area (Å²) in [6.07, 6.45) is 11.4. The minimum absolute atomic E-state index is 0.0603. The maximum absolute atomic E-state index is 14.8. The van der Waals surface area contributed by atoms with E-state index in [1.807, 2.05) is 25.1 Å². The van der Waals surface area contributed by atoms with E-state index in [1.165, 1.54) is 15.8 Å². The van der Waals surface area contributed by atoms with Crippen LogP contribution in [0.25, 0.3) is 0 Å². The van der Waals surface area contributed by atoms with Crippen molar-refractivity contribution in [3.05, 3.63) is 82.0 Å². The van der Waals surface area contributed by atoms with Gasteiger partial charge in [-0.1, -0.05) is 36.7 Å². The van der Waals surface area contributed by atoms with Gasteiger partial charge in [-0.3, -0.25) is 14.3 Å². The molecule has 290 valence electrons. The number of anilines is 1. The number of aromatic nitrogens is 2. The molecule has 1 fully saturated rings. The first kappa shape index (κ1) is 38.6. The summed E-state index contributed by atoms with van der Waals surface area (Å²) in [5.74, 6) is -0.0518. The monoisotopic (exact) mass is 778 g/mol. The van der Waals surface area contributed by atoms with Crippen LogP contribution in [0.1, 0.15) is 70.9 Å². The Labute approximate surface area is 323 Å². The second-order valence-electron chi connectivity index (χ2n) is 15.5. The molecule has 2 aliphatic carbocycles. The van der Waals surface area contributed by atoms with Crippen molar-refractivity contribution in [2.45, 2.75) is 57.0 Å². The average molecular weight is 779 g/mol. The second kappa shape index (κ2) is 16.2. The Kier molecular flexibility index (Phi) is 11.6. The van der Waals surface area contributed by atoms with E-state index >= 15 is 0 Å². The minimum atomic E-state index is -3.39. The highest BCUT2D eigenvalue weighted by atomic mass is 35.5. The van der Waals surface area contributed by atoms with E-state index in [-0.39, 0.29) is 41.2 Å². The van der Waals surface area contributed by atoms with Crippen LogP contribution in [0.5, 0.6) is 11.6 Å². The topological polar surface area (TPSA) is 122 Å². The Balaban J connectivity index is 1.28. The molecule has 13 heteroatoms. The molecule has 1 aromatic heterocycles. The smallest absolute Gasteiger partial charge is 0.285 e. The summed E-state index contributed by atoms with van der Waals surface area (Å²) >= 11 is 6.47. The fourth-order valence-corrected chi connectivity index (χ4v) is 11.2. The third-order valence-corrected chi connectivity index (χ3v) is 14.1. The van der Waals surface area contributed by atoms with Crippen molar-refractivity contribution in [3.8, 4) is 11.6 Å². The first-order valence-corrected chi connectivity index (χ1v) is 21.2. The van der Waals surface area contributed by atoms with E-state index in [2.05, 4.69) is 38.6 Å². The van der Waals surface area contributed by atoms with Gasteiger partial charge in [0, 0.05) is 62.3 Å². The molecule has 0 N–H and O–H groups in total. The molecule has 2 bridgehead atoms. The summed E-state index contributed by atoms with van der Waals surface area (Å²) in [6, 6.07) is 11.6. The molecule has 0 unspecified atom stereocenters. The van der Waals surface area contributed by atoms with Crippen LogP contribution in [0.3, 0.4) is 0 Å². The molecule has 1 amide bonds. The molecule has 3 heterocycles. The number of nitrogens with zero attached hydrogens (tertiary/aromatic N) is 4. The van der Waals surface area contributed by atoms with Gasteiger partial charge in [0.15, 0.2) is 5.78 Å². The molecule has 0 saturated heterocycles. The highest BCUT2D eigenvalue weighted by Crippen LogP contribution is 2.47. The molecule has 1 spiro atoms. The van der Waals surface area contributed by atoms with Crippen molar-refractivity contribution in [3.63, 3.8) is 0 Å². The lowest BCUT2D eigenvalue weighted by molar-refractivity contribution is 0.0131. The van der Waals surface area contributed by atoms with Crippen LogP contribution in [0.4, 0.5) is 5.69 Å². The summed E-state index contributed by atoms with van der Waals surface area (Å²) in [5, 5.41) is 5.02. The van der Waals surface area contributed by atoms with Gasteiger partial charge in [0.25, 0.3) is 5.91 Å². The molecule has 0 radical (unpaired) electrons. The number of aryl methyl sites for hydroxylation is 2. The van der Waals surface area contributed by atoms with E-state index in [1.54, 1.807) is 33.5 Å². The fourth-order valence-electron chi connectivity index (χ4n) is 8.74. The summed E-state index contributed by atoms with van der Waals surface area (Å²) in [7, 11) is 1.62. The summed E-state index contributed by atoms with van der Waals surface area (Å²) in [4.78, 5) is 30.4. The van der Waals surface area contributed by atoms with E-state index in [9.17, 15) is 13.8 Å². The molecular weight excluding hydrogens is 728 g/mol. The third kappa shape index (κ3) is 8.12. The van der Waals surface area contributed by atoms with Gasteiger partial charge in [-0.15, -0.1) is 5.10 Å². The van der Waals surface area contributed by atoms with Crippen LogP contribution < -0.4 is 14.4 Å². The molecule has 1 saturated carbocycles. The second-order valence-corrected chi connectivity index (χ2v) is 18.3. The quantitative estimate of drug-likeness (QED) is 0.140. The van der Waals surface area contributed by atoms with Crippen LogP contribution >= 0.6 is 11.6 Å². The van der Waals surface area contributed by atoms with Gasteiger partial charge in [0.1, 0.15) is 17.9 Å². The van der Waals surface area contributed by atoms with Gasteiger partial charge in [-0.25, -0.2) is 4.21 Å². The number of ketones is 1. The molecule has 2 aliphatic heterocycles. The fraction of sp³-hybridized carbons (Fsp3) is 0.537. The lowest BCUT2D eigenvalue weighted by Gasteiger charge is -2.46. The molecule has 7 rings (SSSR count). The summed E-state index contributed by atoms with van der Waals surface area (Å²) < 4.78 is 44.3. The van der Waals surface area contributed by atoms with Crippen LogP contribution in [0.15, 0.2) is 59.1 Å². The van der Waals surface area contributed by atoms with Crippen LogP contribution in [-0.4, -0.2) is 90.4 Å². The standard InChI is InChI=1S/C41H51ClN4O7S/c1-27-7-5-9-37(51-4)32-13-10-30(32)21-46-25-41(16-6-8-28-19-31(42)12-14-34(28)41)26-53-38-15-11-29(20-35(38)46)39(48)44-54(49,23-27)24-36(47)33-22-45(2)43-40(33)52-18-17-50-3/h5,9,11-12,14-15,19-20,22,27,30,32,37H,6-8,10,13,16-18,21,23-26H2,1-4H3/b9-5+/t27-,30-,32+,37-,41-,54+/m0/s1. The average Bonchev–Trinajstić information content (AvgIpc) is 3.43. The Morgan fingerprint density at radius 3 is 2.78 bits per heavy atom. The zero-order chi connectivity index (χ0) is 38.0. The maximum atomic E-state index is 14.8. The number of carbonyl (C=O) groups excluding carboxylic acids is 2.